The second kappa shape index (κ2) is 6.61. The van der Waals surface area contributed by atoms with Crippen molar-refractivity contribution in [3.63, 3.8) is 0 Å². The summed E-state index contributed by atoms with van der Waals surface area (Å²) in [6.45, 7) is 0. The zero-order valence-electron chi connectivity index (χ0n) is 14.2. The summed E-state index contributed by atoms with van der Waals surface area (Å²) in [4.78, 5) is 13.5. The van der Waals surface area contributed by atoms with Gasteiger partial charge in [0.2, 0.25) is 4.96 Å². The predicted octanol–water partition coefficient (Wildman–Crippen LogP) is 2.38. The Hall–Kier alpha value is -3.19. The van der Waals surface area contributed by atoms with Crippen molar-refractivity contribution in [2.24, 2.45) is 0 Å². The van der Waals surface area contributed by atoms with Crippen molar-refractivity contribution in [2.75, 3.05) is 14.2 Å². The Balaban J connectivity index is 1.89. The molecule has 6 nitrogen and oxygen atoms in total. The van der Waals surface area contributed by atoms with Crippen molar-refractivity contribution in [2.45, 2.75) is 0 Å². The van der Waals surface area contributed by atoms with Crippen LogP contribution in [0.25, 0.3) is 22.4 Å². The molecular formula is C19H15N3O3S. The van der Waals surface area contributed by atoms with E-state index in [1.54, 1.807) is 30.8 Å². The fraction of sp³-hybridized carbons (Fsp3) is 0.105. The number of hydrogen-bond acceptors (Lipinski definition) is 6. The maximum Gasteiger partial charge on any atom is 0.276 e. The third kappa shape index (κ3) is 2.72. The Kier molecular flexibility index (Phi) is 4.14. The summed E-state index contributed by atoms with van der Waals surface area (Å²) in [6, 6.07) is 15.0. The van der Waals surface area contributed by atoms with Crippen LogP contribution in [0.1, 0.15) is 5.56 Å². The number of methoxy groups -OCH3 is 2. The van der Waals surface area contributed by atoms with Crippen LogP contribution in [0.3, 0.4) is 0 Å². The van der Waals surface area contributed by atoms with Gasteiger partial charge in [-0.25, -0.2) is 4.40 Å². The standard InChI is InChI=1S/C19H15N3O3S/c1-24-14-9-8-13(15(11-14)25-2)10-16-18(23)22-17(20-21-19(22)26-16)12-6-4-3-5-7-12/h3-11H,1-2H3/b16-10+. The Bertz CT molecular complexity index is 1180. The number of fused-ring (bicyclic) bond motifs is 1. The van der Waals surface area contributed by atoms with Gasteiger partial charge >= 0.3 is 0 Å². The van der Waals surface area contributed by atoms with Gasteiger partial charge in [0.25, 0.3) is 5.56 Å². The van der Waals surface area contributed by atoms with E-state index in [0.29, 0.717) is 26.8 Å². The Morgan fingerprint density at radius 3 is 2.58 bits per heavy atom. The van der Waals surface area contributed by atoms with E-state index < -0.39 is 0 Å². The van der Waals surface area contributed by atoms with E-state index in [1.165, 1.54) is 11.3 Å². The molecule has 0 fully saturated rings. The second-order valence-electron chi connectivity index (χ2n) is 5.53. The number of ether oxygens (including phenoxy) is 2. The van der Waals surface area contributed by atoms with Crippen molar-refractivity contribution >= 4 is 22.4 Å². The zero-order chi connectivity index (χ0) is 18.1. The van der Waals surface area contributed by atoms with Crippen LogP contribution in [-0.2, 0) is 0 Å². The number of thiazole rings is 1. The van der Waals surface area contributed by atoms with Crippen LogP contribution < -0.4 is 19.6 Å². The minimum Gasteiger partial charge on any atom is -0.497 e. The summed E-state index contributed by atoms with van der Waals surface area (Å²) in [5.74, 6) is 1.87. The first kappa shape index (κ1) is 16.3. The van der Waals surface area contributed by atoms with Crippen LogP contribution >= 0.6 is 11.3 Å². The highest BCUT2D eigenvalue weighted by Crippen LogP contribution is 2.25. The van der Waals surface area contributed by atoms with Gasteiger partial charge in [-0.15, -0.1) is 10.2 Å². The molecule has 0 aliphatic heterocycles. The molecule has 7 heteroatoms. The lowest BCUT2D eigenvalue weighted by Crippen LogP contribution is -2.23. The van der Waals surface area contributed by atoms with Gasteiger partial charge in [0.05, 0.1) is 18.8 Å². The molecule has 0 aliphatic carbocycles. The van der Waals surface area contributed by atoms with Crippen LogP contribution in [0.5, 0.6) is 11.5 Å². The fourth-order valence-electron chi connectivity index (χ4n) is 2.72. The highest BCUT2D eigenvalue weighted by atomic mass is 32.1. The highest BCUT2D eigenvalue weighted by Gasteiger charge is 2.14. The molecule has 130 valence electrons. The smallest absolute Gasteiger partial charge is 0.276 e. The van der Waals surface area contributed by atoms with Crippen LogP contribution in [0.2, 0.25) is 0 Å². The topological polar surface area (TPSA) is 65.7 Å². The van der Waals surface area contributed by atoms with Gasteiger partial charge < -0.3 is 9.47 Å². The molecule has 2 aromatic heterocycles. The Morgan fingerprint density at radius 1 is 1.04 bits per heavy atom. The van der Waals surface area contributed by atoms with E-state index in [0.717, 1.165) is 11.1 Å². The molecule has 4 aromatic rings. The minimum absolute atomic E-state index is 0.147. The van der Waals surface area contributed by atoms with Crippen LogP contribution in [0.4, 0.5) is 0 Å². The highest BCUT2D eigenvalue weighted by molar-refractivity contribution is 7.15. The van der Waals surface area contributed by atoms with E-state index in [1.807, 2.05) is 42.5 Å². The van der Waals surface area contributed by atoms with Crippen molar-refractivity contribution in [1.82, 2.24) is 14.6 Å². The number of rotatable bonds is 4. The average Bonchev–Trinajstić information content (AvgIpc) is 3.23. The van der Waals surface area contributed by atoms with Crippen LogP contribution in [0, 0.1) is 0 Å². The molecule has 0 aliphatic rings. The number of benzene rings is 2. The van der Waals surface area contributed by atoms with Crippen LogP contribution in [-0.4, -0.2) is 28.8 Å². The first-order valence-electron chi connectivity index (χ1n) is 7.88. The van der Waals surface area contributed by atoms with Crippen molar-refractivity contribution in [3.8, 4) is 22.9 Å². The molecule has 0 saturated heterocycles. The molecule has 2 aromatic carbocycles. The van der Waals surface area contributed by atoms with Gasteiger partial charge in [-0.05, 0) is 18.2 Å². The maximum atomic E-state index is 12.9. The molecule has 0 radical (unpaired) electrons. The summed E-state index contributed by atoms with van der Waals surface area (Å²) >= 11 is 1.30. The lowest BCUT2D eigenvalue weighted by molar-refractivity contribution is 0.393. The van der Waals surface area contributed by atoms with Gasteiger partial charge in [0.1, 0.15) is 11.5 Å². The monoisotopic (exact) mass is 365 g/mol. The van der Waals surface area contributed by atoms with Crippen LogP contribution in [0.15, 0.2) is 53.3 Å². The van der Waals surface area contributed by atoms with E-state index in [2.05, 4.69) is 10.2 Å². The predicted molar refractivity (Wildman–Crippen MR) is 101 cm³/mol. The van der Waals surface area contributed by atoms with Gasteiger partial charge in [0, 0.05) is 17.2 Å². The third-order valence-corrected chi connectivity index (χ3v) is 4.97. The second-order valence-corrected chi connectivity index (χ2v) is 6.54. The normalized spacial score (nSPS) is 11.8. The molecule has 0 unspecified atom stereocenters. The number of hydrogen-bond donors (Lipinski definition) is 0. The lowest BCUT2D eigenvalue weighted by atomic mass is 10.2. The number of nitrogens with zero attached hydrogens (tertiary/aromatic N) is 3. The molecule has 0 amide bonds. The molecule has 0 spiro atoms. The molecule has 0 atom stereocenters. The first-order valence-corrected chi connectivity index (χ1v) is 8.70. The van der Waals surface area contributed by atoms with Crippen molar-refractivity contribution in [3.05, 3.63) is 69.0 Å². The Labute approximate surface area is 153 Å². The summed E-state index contributed by atoms with van der Waals surface area (Å²) in [5.41, 5.74) is 1.50. The summed E-state index contributed by atoms with van der Waals surface area (Å²) < 4.78 is 12.7. The molecule has 2 heterocycles. The Morgan fingerprint density at radius 2 is 1.85 bits per heavy atom. The molecule has 26 heavy (non-hydrogen) atoms. The summed E-state index contributed by atoms with van der Waals surface area (Å²) in [7, 11) is 3.18. The maximum absolute atomic E-state index is 12.9. The quantitative estimate of drug-likeness (QED) is 0.556. The third-order valence-electron chi connectivity index (χ3n) is 4.01. The largest absolute Gasteiger partial charge is 0.497 e. The molecule has 0 bridgehead atoms. The van der Waals surface area contributed by atoms with Gasteiger partial charge in [0.15, 0.2) is 5.82 Å². The van der Waals surface area contributed by atoms with E-state index >= 15 is 0 Å². The minimum atomic E-state index is -0.147. The average molecular weight is 365 g/mol. The van der Waals surface area contributed by atoms with Gasteiger partial charge in [-0.2, -0.15) is 0 Å². The first-order chi connectivity index (χ1) is 12.7. The SMILES string of the molecule is COc1ccc(/C=c2/sc3nnc(-c4ccccc4)n3c2=O)c(OC)c1. The lowest BCUT2D eigenvalue weighted by Gasteiger charge is -2.06. The van der Waals surface area contributed by atoms with Crippen molar-refractivity contribution < 1.29 is 9.47 Å². The fourth-order valence-corrected chi connectivity index (χ4v) is 3.62. The van der Waals surface area contributed by atoms with Crippen molar-refractivity contribution in [1.29, 1.82) is 0 Å². The molecule has 0 N–H and O–H groups in total. The number of aromatic nitrogens is 3. The molecular weight excluding hydrogens is 350 g/mol. The summed E-state index contributed by atoms with van der Waals surface area (Å²) in [6.07, 6.45) is 1.80. The van der Waals surface area contributed by atoms with E-state index in [9.17, 15) is 4.79 Å². The van der Waals surface area contributed by atoms with E-state index in [-0.39, 0.29) is 5.56 Å². The van der Waals surface area contributed by atoms with Gasteiger partial charge in [-0.3, -0.25) is 4.79 Å². The molecule has 4 rings (SSSR count). The van der Waals surface area contributed by atoms with E-state index in [4.69, 9.17) is 9.47 Å². The van der Waals surface area contributed by atoms with Gasteiger partial charge in [-0.1, -0.05) is 41.7 Å². The zero-order valence-corrected chi connectivity index (χ0v) is 15.0. The summed E-state index contributed by atoms with van der Waals surface area (Å²) in [5, 5.41) is 8.31. The molecule has 0 saturated carbocycles.